The molecule has 2 heterocycles. The zero-order valence-electron chi connectivity index (χ0n) is 9.54. The highest BCUT2D eigenvalue weighted by Gasteiger charge is 2.17. The molecule has 0 saturated carbocycles. The minimum Gasteiger partial charge on any atom is -0.381 e. The van der Waals surface area contributed by atoms with Crippen molar-refractivity contribution in [1.29, 1.82) is 0 Å². The van der Waals surface area contributed by atoms with Crippen molar-refractivity contribution < 1.29 is 4.74 Å². The first-order valence-corrected chi connectivity index (χ1v) is 7.43. The molecule has 88 valence electrons. The molecular weight excluding hydrogens is 206 g/mol. The van der Waals surface area contributed by atoms with E-state index in [1.807, 2.05) is 0 Å². The average Bonchev–Trinajstić information content (AvgIpc) is 2.56. The van der Waals surface area contributed by atoms with Crippen LogP contribution in [0.5, 0.6) is 0 Å². The van der Waals surface area contributed by atoms with E-state index in [2.05, 4.69) is 17.1 Å². The molecule has 3 heteroatoms. The second-order valence-corrected chi connectivity index (χ2v) is 6.05. The van der Waals surface area contributed by atoms with Gasteiger partial charge in [0.15, 0.2) is 0 Å². The van der Waals surface area contributed by atoms with Gasteiger partial charge in [0.2, 0.25) is 0 Å². The highest BCUT2D eigenvalue weighted by atomic mass is 32.2. The van der Waals surface area contributed by atoms with Crippen molar-refractivity contribution >= 4 is 11.8 Å². The summed E-state index contributed by atoms with van der Waals surface area (Å²) < 4.78 is 5.47. The summed E-state index contributed by atoms with van der Waals surface area (Å²) in [5, 5.41) is 4.61. The highest BCUT2D eigenvalue weighted by molar-refractivity contribution is 7.99. The second-order valence-electron chi connectivity index (χ2n) is 4.64. The van der Waals surface area contributed by atoms with Crippen molar-refractivity contribution in [1.82, 2.24) is 5.32 Å². The van der Waals surface area contributed by atoms with Gasteiger partial charge in [0.05, 0.1) is 0 Å². The van der Waals surface area contributed by atoms with Crippen molar-refractivity contribution in [2.24, 2.45) is 0 Å². The summed E-state index contributed by atoms with van der Waals surface area (Å²) in [7, 11) is 0. The fraction of sp³-hybridized carbons (Fsp3) is 1.00. The van der Waals surface area contributed by atoms with Crippen molar-refractivity contribution in [2.75, 3.05) is 25.5 Å². The van der Waals surface area contributed by atoms with Crippen molar-refractivity contribution in [3.8, 4) is 0 Å². The lowest BCUT2D eigenvalue weighted by atomic mass is 10.1. The maximum atomic E-state index is 5.47. The number of hydrogen-bond donors (Lipinski definition) is 1. The van der Waals surface area contributed by atoms with Gasteiger partial charge >= 0.3 is 0 Å². The smallest absolute Gasteiger partial charge is 0.0480 e. The predicted molar refractivity (Wildman–Crippen MR) is 66.6 cm³/mol. The summed E-state index contributed by atoms with van der Waals surface area (Å²) in [5.41, 5.74) is 0. The molecule has 0 aromatic heterocycles. The molecule has 2 aliphatic rings. The molecule has 0 spiro atoms. The maximum Gasteiger partial charge on any atom is 0.0480 e. The van der Waals surface area contributed by atoms with Crippen LogP contribution in [0.3, 0.4) is 0 Å². The van der Waals surface area contributed by atoms with Gasteiger partial charge in [0, 0.05) is 31.1 Å². The fourth-order valence-electron chi connectivity index (χ4n) is 2.37. The van der Waals surface area contributed by atoms with E-state index in [9.17, 15) is 0 Å². The molecule has 2 aliphatic heterocycles. The molecule has 2 rings (SSSR count). The molecule has 0 aromatic rings. The number of rotatable bonds is 3. The summed E-state index contributed by atoms with van der Waals surface area (Å²) in [5.74, 6) is 1.38. The molecule has 2 atom stereocenters. The lowest BCUT2D eigenvalue weighted by Gasteiger charge is -2.24. The first-order chi connectivity index (χ1) is 7.45. The van der Waals surface area contributed by atoms with Crippen molar-refractivity contribution in [2.45, 2.75) is 49.8 Å². The third-order valence-corrected chi connectivity index (χ3v) is 4.76. The van der Waals surface area contributed by atoms with E-state index in [1.165, 1.54) is 50.8 Å². The summed E-state index contributed by atoms with van der Waals surface area (Å²) in [6, 6.07) is 0.718. The molecule has 0 amide bonds. The minimum atomic E-state index is 0.718. The van der Waals surface area contributed by atoms with Crippen molar-refractivity contribution in [3.63, 3.8) is 0 Å². The molecule has 2 unspecified atom stereocenters. The van der Waals surface area contributed by atoms with Crippen LogP contribution < -0.4 is 5.32 Å². The molecule has 0 bridgehead atoms. The molecular formula is C12H23NOS. The van der Waals surface area contributed by atoms with Gasteiger partial charge in [-0.3, -0.25) is 0 Å². The van der Waals surface area contributed by atoms with Crippen LogP contribution in [0.4, 0.5) is 0 Å². The van der Waals surface area contributed by atoms with Gasteiger partial charge in [-0.15, -0.1) is 0 Å². The zero-order valence-corrected chi connectivity index (χ0v) is 10.4. The Balaban J connectivity index is 1.62. The molecule has 1 N–H and O–H groups in total. The van der Waals surface area contributed by atoms with E-state index in [1.54, 1.807) is 0 Å². The van der Waals surface area contributed by atoms with Crippen LogP contribution in [0.2, 0.25) is 0 Å². The Kier molecular flexibility index (Phi) is 5.30. The van der Waals surface area contributed by atoms with Gasteiger partial charge in [0.1, 0.15) is 0 Å². The summed E-state index contributed by atoms with van der Waals surface area (Å²) in [4.78, 5) is 0. The van der Waals surface area contributed by atoms with E-state index in [-0.39, 0.29) is 0 Å². The molecule has 2 saturated heterocycles. The Morgan fingerprint density at radius 1 is 1.07 bits per heavy atom. The number of hydrogen-bond acceptors (Lipinski definition) is 3. The molecule has 0 aliphatic carbocycles. The van der Waals surface area contributed by atoms with E-state index in [0.717, 1.165) is 24.5 Å². The Hall–Kier alpha value is 0.270. The van der Waals surface area contributed by atoms with Gasteiger partial charge in [-0.05, 0) is 37.9 Å². The van der Waals surface area contributed by atoms with E-state index in [4.69, 9.17) is 4.74 Å². The van der Waals surface area contributed by atoms with Gasteiger partial charge in [-0.1, -0.05) is 6.42 Å². The normalized spacial score (nSPS) is 33.6. The van der Waals surface area contributed by atoms with E-state index >= 15 is 0 Å². The lowest BCUT2D eigenvalue weighted by molar-refractivity contribution is 0.142. The van der Waals surface area contributed by atoms with Gasteiger partial charge in [-0.2, -0.15) is 11.8 Å². The zero-order chi connectivity index (χ0) is 10.3. The largest absolute Gasteiger partial charge is 0.381 e. The minimum absolute atomic E-state index is 0.718. The van der Waals surface area contributed by atoms with Crippen LogP contribution in [0, 0.1) is 0 Å². The van der Waals surface area contributed by atoms with Crippen molar-refractivity contribution in [3.05, 3.63) is 0 Å². The Morgan fingerprint density at radius 3 is 2.93 bits per heavy atom. The maximum absolute atomic E-state index is 5.47. The third kappa shape index (κ3) is 4.33. The number of nitrogens with one attached hydrogen (secondary N) is 1. The van der Waals surface area contributed by atoms with Crippen LogP contribution in [-0.2, 0) is 4.74 Å². The molecule has 15 heavy (non-hydrogen) atoms. The summed E-state index contributed by atoms with van der Waals surface area (Å²) in [6.07, 6.45) is 8.02. The second kappa shape index (κ2) is 6.77. The Labute approximate surface area is 97.5 Å². The van der Waals surface area contributed by atoms with Gasteiger partial charge in [-0.25, -0.2) is 0 Å². The van der Waals surface area contributed by atoms with E-state index in [0.29, 0.717) is 0 Å². The summed E-state index contributed by atoms with van der Waals surface area (Å²) in [6.45, 7) is 3.14. The van der Waals surface area contributed by atoms with E-state index < -0.39 is 0 Å². The number of thioether (sulfide) groups is 1. The van der Waals surface area contributed by atoms with Crippen LogP contribution in [-0.4, -0.2) is 36.8 Å². The van der Waals surface area contributed by atoms with Gasteiger partial charge < -0.3 is 10.1 Å². The summed E-state index contributed by atoms with van der Waals surface area (Å²) >= 11 is 2.16. The van der Waals surface area contributed by atoms with Crippen LogP contribution in [0.15, 0.2) is 0 Å². The first-order valence-electron chi connectivity index (χ1n) is 6.38. The molecule has 2 fully saturated rings. The number of ether oxygens (including phenoxy) is 1. The third-order valence-electron chi connectivity index (χ3n) is 3.36. The first kappa shape index (κ1) is 11.7. The highest BCUT2D eigenvalue weighted by Crippen LogP contribution is 2.24. The molecule has 2 nitrogen and oxygen atoms in total. The van der Waals surface area contributed by atoms with Crippen LogP contribution in [0.25, 0.3) is 0 Å². The average molecular weight is 229 g/mol. The van der Waals surface area contributed by atoms with Gasteiger partial charge in [0.25, 0.3) is 0 Å². The Morgan fingerprint density at radius 2 is 2.07 bits per heavy atom. The Bertz CT molecular complexity index is 163. The predicted octanol–water partition coefficient (Wildman–Crippen LogP) is 2.43. The standard InChI is InChI=1S/C12H23NOS/c1-2-9-15-12(5-1)10-13-11-4-3-7-14-8-6-11/h11-13H,1-10H2. The lowest BCUT2D eigenvalue weighted by Crippen LogP contribution is -2.35. The topological polar surface area (TPSA) is 21.3 Å². The van der Waals surface area contributed by atoms with Crippen LogP contribution >= 0.6 is 11.8 Å². The fourth-order valence-corrected chi connectivity index (χ4v) is 3.63. The molecule has 0 aromatic carbocycles. The quantitative estimate of drug-likeness (QED) is 0.803. The van der Waals surface area contributed by atoms with Crippen LogP contribution in [0.1, 0.15) is 38.5 Å². The SMILES string of the molecule is C1CCC(CNC2CCCOCC2)SC1. The monoisotopic (exact) mass is 229 g/mol. The molecule has 0 radical (unpaired) electrons.